The number of aryl methyl sites for hydroxylation is 1. The minimum absolute atomic E-state index is 0.131. The monoisotopic (exact) mass is 344 g/mol. The van der Waals surface area contributed by atoms with Gasteiger partial charge in [0.25, 0.3) is 11.3 Å². The Bertz CT molecular complexity index is 887. The highest BCUT2D eigenvalue weighted by Crippen LogP contribution is 2.41. The summed E-state index contributed by atoms with van der Waals surface area (Å²) in [6.07, 6.45) is 2.20. The molecule has 0 spiro atoms. The van der Waals surface area contributed by atoms with E-state index in [2.05, 4.69) is 33.9 Å². The molecule has 2 saturated heterocycles. The van der Waals surface area contributed by atoms with Crippen LogP contribution < -0.4 is 5.56 Å². The first-order valence-electron chi connectivity index (χ1n) is 8.75. The third-order valence-corrected chi connectivity index (χ3v) is 5.82. The number of fused-ring (bicyclic) bond motifs is 2. The Morgan fingerprint density at radius 2 is 2.20 bits per heavy atom. The second-order valence-corrected chi connectivity index (χ2v) is 7.83. The lowest BCUT2D eigenvalue weighted by Crippen LogP contribution is -2.35. The predicted octanol–water partition coefficient (Wildman–Crippen LogP) is 0.0687. The summed E-state index contributed by atoms with van der Waals surface area (Å²) in [5, 5.41) is 2.76. The average molecular weight is 344 g/mol. The van der Waals surface area contributed by atoms with Gasteiger partial charge in [-0.05, 0) is 26.3 Å². The number of carbonyl (C=O) groups excluding carboxylic acids is 1. The highest BCUT2D eigenvalue weighted by Gasteiger charge is 2.49. The Balaban J connectivity index is 1.46. The zero-order chi connectivity index (χ0) is 17.8. The molecule has 2 aromatic heterocycles. The summed E-state index contributed by atoms with van der Waals surface area (Å²) in [4.78, 5) is 37.8. The number of nitrogens with one attached hydrogen (secondary N) is 1. The van der Waals surface area contributed by atoms with E-state index in [1.807, 2.05) is 4.90 Å². The number of hydrogen-bond acceptors (Lipinski definition) is 5. The average Bonchev–Trinajstić information content (AvgIpc) is 3.18. The van der Waals surface area contributed by atoms with Gasteiger partial charge in [-0.3, -0.25) is 14.7 Å². The predicted molar refractivity (Wildman–Crippen MR) is 92.3 cm³/mol. The fraction of sp³-hybridized carbons (Fsp3) is 0.647. The largest absolute Gasteiger partial charge is 0.342 e. The van der Waals surface area contributed by atoms with Crippen LogP contribution in [0.5, 0.6) is 0 Å². The van der Waals surface area contributed by atoms with Crippen LogP contribution >= 0.6 is 0 Å². The molecule has 4 rings (SSSR count). The summed E-state index contributed by atoms with van der Waals surface area (Å²) < 4.78 is 1.32. The molecule has 0 unspecified atom stereocenters. The van der Waals surface area contributed by atoms with Crippen LogP contribution in [0.4, 0.5) is 0 Å². The Hall–Kier alpha value is -2.22. The van der Waals surface area contributed by atoms with Gasteiger partial charge in [-0.2, -0.15) is 4.52 Å². The van der Waals surface area contributed by atoms with E-state index < -0.39 is 0 Å². The number of hydrogen-bond donors (Lipinski definition) is 1. The van der Waals surface area contributed by atoms with Crippen molar-refractivity contribution in [2.45, 2.75) is 26.7 Å². The topological polar surface area (TPSA) is 86.6 Å². The van der Waals surface area contributed by atoms with Crippen molar-refractivity contribution in [1.29, 1.82) is 0 Å². The third-order valence-electron chi connectivity index (χ3n) is 5.82. The molecular weight excluding hydrogens is 320 g/mol. The van der Waals surface area contributed by atoms with Gasteiger partial charge < -0.3 is 9.80 Å². The van der Waals surface area contributed by atoms with E-state index in [1.165, 1.54) is 10.8 Å². The first-order valence-corrected chi connectivity index (χ1v) is 8.75. The van der Waals surface area contributed by atoms with E-state index in [-0.39, 0.29) is 16.9 Å². The van der Waals surface area contributed by atoms with Crippen molar-refractivity contribution in [3.8, 4) is 0 Å². The van der Waals surface area contributed by atoms with Gasteiger partial charge in [-0.1, -0.05) is 6.92 Å². The van der Waals surface area contributed by atoms with Gasteiger partial charge in [-0.25, -0.2) is 9.97 Å². The summed E-state index contributed by atoms with van der Waals surface area (Å²) in [6.45, 7) is 7.82. The summed E-state index contributed by atoms with van der Waals surface area (Å²) >= 11 is 0. The SMILES string of the molecule is Cc1nc2nc[nH]n2c(=O)c1CCC(=O)N1C[C@H]2CN(C)C[C@@]2(C)C1. The van der Waals surface area contributed by atoms with Crippen LogP contribution in [-0.2, 0) is 11.2 Å². The smallest absolute Gasteiger partial charge is 0.277 e. The van der Waals surface area contributed by atoms with Crippen LogP contribution in [0.15, 0.2) is 11.1 Å². The molecule has 2 atom stereocenters. The molecule has 2 aliphatic heterocycles. The van der Waals surface area contributed by atoms with Gasteiger partial charge in [0.05, 0.1) is 5.69 Å². The number of amides is 1. The van der Waals surface area contributed by atoms with E-state index in [0.29, 0.717) is 35.8 Å². The lowest BCUT2D eigenvalue weighted by Gasteiger charge is -2.24. The summed E-state index contributed by atoms with van der Waals surface area (Å²) in [5.41, 5.74) is 1.27. The molecule has 134 valence electrons. The molecule has 8 nitrogen and oxygen atoms in total. The Morgan fingerprint density at radius 1 is 1.40 bits per heavy atom. The van der Waals surface area contributed by atoms with Crippen molar-refractivity contribution >= 4 is 11.7 Å². The quantitative estimate of drug-likeness (QED) is 0.851. The molecule has 0 aliphatic carbocycles. The van der Waals surface area contributed by atoms with Gasteiger partial charge in [0.1, 0.15) is 6.33 Å². The summed E-state index contributed by atoms with van der Waals surface area (Å²) in [6, 6.07) is 0. The Labute approximate surface area is 145 Å². The normalized spacial score (nSPS) is 26.5. The van der Waals surface area contributed by atoms with Crippen LogP contribution in [-0.4, -0.2) is 68.5 Å². The van der Waals surface area contributed by atoms with Crippen LogP contribution in [0.3, 0.4) is 0 Å². The van der Waals surface area contributed by atoms with Gasteiger partial charge >= 0.3 is 0 Å². The number of aromatic nitrogens is 4. The van der Waals surface area contributed by atoms with Gasteiger partial charge in [-0.15, -0.1) is 0 Å². The van der Waals surface area contributed by atoms with Gasteiger partial charge in [0.15, 0.2) is 0 Å². The van der Waals surface area contributed by atoms with Crippen molar-refractivity contribution < 1.29 is 4.79 Å². The lowest BCUT2D eigenvalue weighted by atomic mass is 9.83. The Morgan fingerprint density at radius 3 is 2.96 bits per heavy atom. The fourth-order valence-corrected chi connectivity index (χ4v) is 4.49. The highest BCUT2D eigenvalue weighted by molar-refractivity contribution is 5.77. The maximum absolute atomic E-state index is 12.7. The molecule has 2 fully saturated rings. The van der Waals surface area contributed by atoms with Crippen molar-refractivity contribution in [2.75, 3.05) is 33.2 Å². The Kier molecular flexibility index (Phi) is 3.68. The van der Waals surface area contributed by atoms with E-state index in [9.17, 15) is 9.59 Å². The molecule has 0 bridgehead atoms. The minimum atomic E-state index is -0.167. The number of H-pyrrole nitrogens is 1. The molecule has 25 heavy (non-hydrogen) atoms. The van der Waals surface area contributed by atoms with E-state index in [0.717, 1.165) is 26.2 Å². The van der Waals surface area contributed by atoms with E-state index in [4.69, 9.17) is 0 Å². The molecule has 0 aromatic carbocycles. The molecular formula is C17H24N6O2. The summed E-state index contributed by atoms with van der Waals surface area (Å²) in [5.74, 6) is 1.05. The zero-order valence-corrected chi connectivity index (χ0v) is 14.9. The molecule has 2 aliphatic rings. The van der Waals surface area contributed by atoms with Crippen LogP contribution in [0, 0.1) is 18.3 Å². The maximum Gasteiger partial charge on any atom is 0.277 e. The maximum atomic E-state index is 12.7. The first kappa shape index (κ1) is 16.3. The minimum Gasteiger partial charge on any atom is -0.342 e. The number of likely N-dealkylation sites (tertiary alicyclic amines) is 2. The van der Waals surface area contributed by atoms with Gasteiger partial charge in [0, 0.05) is 43.6 Å². The molecule has 4 heterocycles. The molecule has 2 aromatic rings. The van der Waals surface area contributed by atoms with Crippen molar-refractivity contribution in [3.05, 3.63) is 27.9 Å². The molecule has 8 heteroatoms. The number of rotatable bonds is 3. The second kappa shape index (κ2) is 5.66. The number of aromatic amines is 1. The van der Waals surface area contributed by atoms with Crippen LogP contribution in [0.1, 0.15) is 24.6 Å². The number of nitrogens with zero attached hydrogens (tertiary/aromatic N) is 5. The molecule has 0 saturated carbocycles. The molecule has 0 radical (unpaired) electrons. The second-order valence-electron chi connectivity index (χ2n) is 7.83. The standard InChI is InChI=1S/C17H24N6O2/c1-11-13(15(25)23-16(20-11)18-10-19-23)4-5-14(24)22-7-12-6-21(3)8-17(12,2)9-22/h10,12H,4-9H2,1-3H3,(H,18,19,20)/t12-,17+/m1/s1. The van der Waals surface area contributed by atoms with E-state index >= 15 is 0 Å². The van der Waals surface area contributed by atoms with Crippen molar-refractivity contribution in [3.63, 3.8) is 0 Å². The third kappa shape index (κ3) is 2.64. The molecule has 1 amide bonds. The summed E-state index contributed by atoms with van der Waals surface area (Å²) in [7, 11) is 2.14. The van der Waals surface area contributed by atoms with Crippen molar-refractivity contribution in [2.24, 2.45) is 11.3 Å². The number of carbonyl (C=O) groups is 1. The zero-order valence-electron chi connectivity index (χ0n) is 14.9. The van der Waals surface area contributed by atoms with Gasteiger partial charge in [0.2, 0.25) is 5.91 Å². The first-order chi connectivity index (χ1) is 11.9. The van der Waals surface area contributed by atoms with Crippen molar-refractivity contribution in [1.82, 2.24) is 29.4 Å². The van der Waals surface area contributed by atoms with Crippen LogP contribution in [0.25, 0.3) is 5.78 Å². The van der Waals surface area contributed by atoms with Crippen LogP contribution in [0.2, 0.25) is 0 Å². The molecule has 1 N–H and O–H groups in total. The highest BCUT2D eigenvalue weighted by atomic mass is 16.2. The fourth-order valence-electron chi connectivity index (χ4n) is 4.49. The lowest BCUT2D eigenvalue weighted by molar-refractivity contribution is -0.130. The van der Waals surface area contributed by atoms with E-state index in [1.54, 1.807) is 6.92 Å².